The lowest BCUT2D eigenvalue weighted by Crippen LogP contribution is -2.39. The smallest absolute Gasteiger partial charge is 0.137 e. The van der Waals surface area contributed by atoms with E-state index in [1.165, 1.54) is 6.07 Å². The molecule has 0 spiro atoms. The van der Waals surface area contributed by atoms with Gasteiger partial charge in [0.15, 0.2) is 0 Å². The van der Waals surface area contributed by atoms with Crippen molar-refractivity contribution in [1.29, 1.82) is 0 Å². The van der Waals surface area contributed by atoms with Crippen molar-refractivity contribution in [3.05, 3.63) is 34.1 Å². The van der Waals surface area contributed by atoms with Gasteiger partial charge in [-0.15, -0.1) is 0 Å². The molecule has 0 saturated heterocycles. The van der Waals surface area contributed by atoms with Crippen molar-refractivity contribution in [3.63, 3.8) is 0 Å². The maximum Gasteiger partial charge on any atom is 0.137 e. The molecule has 0 aromatic heterocycles. The number of nitrogens with one attached hydrogen (secondary N) is 1. The SMILES string of the molecule is COCCNCC(C)(Cc1ccc(F)c(Br)c1)C(C)C. The van der Waals surface area contributed by atoms with Crippen LogP contribution >= 0.6 is 15.9 Å². The zero-order chi connectivity index (χ0) is 15.2. The molecule has 0 radical (unpaired) electrons. The fraction of sp³-hybridized carbons (Fsp3) is 0.625. The molecule has 1 rings (SSSR count). The normalized spacial score (nSPS) is 14.6. The highest BCUT2D eigenvalue weighted by atomic mass is 79.9. The Bertz CT molecular complexity index is 425. The van der Waals surface area contributed by atoms with Gasteiger partial charge in [-0.2, -0.15) is 0 Å². The molecule has 0 bridgehead atoms. The first-order chi connectivity index (χ1) is 9.39. The maximum atomic E-state index is 13.3. The van der Waals surface area contributed by atoms with Gasteiger partial charge in [-0.25, -0.2) is 4.39 Å². The molecule has 0 aliphatic heterocycles. The van der Waals surface area contributed by atoms with Crippen LogP contribution in [0.3, 0.4) is 0 Å². The van der Waals surface area contributed by atoms with Crippen molar-refractivity contribution in [2.24, 2.45) is 11.3 Å². The molecule has 20 heavy (non-hydrogen) atoms. The van der Waals surface area contributed by atoms with Crippen molar-refractivity contribution in [2.45, 2.75) is 27.2 Å². The second kappa shape index (κ2) is 8.11. The maximum absolute atomic E-state index is 13.3. The summed E-state index contributed by atoms with van der Waals surface area (Å²) in [5.74, 6) is 0.319. The van der Waals surface area contributed by atoms with Crippen molar-refractivity contribution in [3.8, 4) is 0 Å². The zero-order valence-corrected chi connectivity index (χ0v) is 14.4. The quantitative estimate of drug-likeness (QED) is 0.718. The third-order valence-electron chi connectivity index (χ3n) is 4.00. The molecule has 2 nitrogen and oxygen atoms in total. The van der Waals surface area contributed by atoms with Crippen LogP contribution in [0, 0.1) is 17.2 Å². The van der Waals surface area contributed by atoms with E-state index in [2.05, 4.69) is 42.0 Å². The summed E-state index contributed by atoms with van der Waals surface area (Å²) in [6.07, 6.45) is 0.920. The molecule has 0 saturated carbocycles. The van der Waals surface area contributed by atoms with Crippen LogP contribution in [-0.4, -0.2) is 26.8 Å². The van der Waals surface area contributed by atoms with Crippen LogP contribution in [0.2, 0.25) is 0 Å². The molecule has 114 valence electrons. The molecular weight excluding hydrogens is 321 g/mol. The molecule has 1 unspecified atom stereocenters. The Hall–Kier alpha value is -0.450. The van der Waals surface area contributed by atoms with E-state index in [0.29, 0.717) is 10.4 Å². The van der Waals surface area contributed by atoms with Gasteiger partial charge >= 0.3 is 0 Å². The first kappa shape index (κ1) is 17.6. The Balaban J connectivity index is 2.72. The fourth-order valence-electron chi connectivity index (χ4n) is 2.13. The van der Waals surface area contributed by atoms with Crippen molar-refractivity contribution < 1.29 is 9.13 Å². The van der Waals surface area contributed by atoms with Crippen LogP contribution in [0.5, 0.6) is 0 Å². The summed E-state index contributed by atoms with van der Waals surface area (Å²) in [7, 11) is 1.71. The highest BCUT2D eigenvalue weighted by molar-refractivity contribution is 9.10. The average molecular weight is 346 g/mol. The number of rotatable bonds is 8. The van der Waals surface area contributed by atoms with Crippen LogP contribution in [0.1, 0.15) is 26.3 Å². The average Bonchev–Trinajstić information content (AvgIpc) is 2.39. The second-order valence-corrected chi connectivity index (χ2v) is 6.76. The lowest BCUT2D eigenvalue weighted by atomic mass is 9.74. The van der Waals surface area contributed by atoms with Gasteiger partial charge in [-0.1, -0.05) is 26.8 Å². The van der Waals surface area contributed by atoms with Gasteiger partial charge in [0.25, 0.3) is 0 Å². The monoisotopic (exact) mass is 345 g/mol. The molecule has 1 N–H and O–H groups in total. The summed E-state index contributed by atoms with van der Waals surface area (Å²) in [4.78, 5) is 0. The van der Waals surface area contributed by atoms with Crippen LogP contribution in [-0.2, 0) is 11.2 Å². The summed E-state index contributed by atoms with van der Waals surface area (Å²) in [6.45, 7) is 9.23. The topological polar surface area (TPSA) is 21.3 Å². The number of methoxy groups -OCH3 is 1. The highest BCUT2D eigenvalue weighted by Gasteiger charge is 2.28. The summed E-state index contributed by atoms with van der Waals surface area (Å²) < 4.78 is 18.9. The Morgan fingerprint density at radius 1 is 1.40 bits per heavy atom. The Morgan fingerprint density at radius 2 is 2.10 bits per heavy atom. The van der Waals surface area contributed by atoms with E-state index < -0.39 is 0 Å². The summed E-state index contributed by atoms with van der Waals surface area (Å²) >= 11 is 3.26. The summed E-state index contributed by atoms with van der Waals surface area (Å²) in [6, 6.07) is 5.28. The second-order valence-electron chi connectivity index (χ2n) is 5.90. The fourth-order valence-corrected chi connectivity index (χ4v) is 2.56. The van der Waals surface area contributed by atoms with E-state index in [0.717, 1.165) is 31.7 Å². The molecule has 0 amide bonds. The van der Waals surface area contributed by atoms with Crippen LogP contribution in [0.15, 0.2) is 22.7 Å². The molecule has 0 heterocycles. The molecule has 0 fully saturated rings. The molecule has 0 aliphatic rings. The van der Waals surface area contributed by atoms with Gasteiger partial charge in [0, 0.05) is 20.2 Å². The number of hydrogen-bond donors (Lipinski definition) is 1. The van der Waals surface area contributed by atoms with Crippen LogP contribution in [0.25, 0.3) is 0 Å². The molecular formula is C16H25BrFNO. The number of hydrogen-bond acceptors (Lipinski definition) is 2. The highest BCUT2D eigenvalue weighted by Crippen LogP contribution is 2.31. The third-order valence-corrected chi connectivity index (χ3v) is 4.61. The van der Waals surface area contributed by atoms with Gasteiger partial charge in [0.1, 0.15) is 5.82 Å². The minimum atomic E-state index is -0.210. The first-order valence-corrected chi connectivity index (χ1v) is 7.82. The van der Waals surface area contributed by atoms with Gasteiger partial charge in [-0.3, -0.25) is 0 Å². The molecule has 1 aromatic rings. The number of halogens is 2. The van der Waals surface area contributed by atoms with Gasteiger partial charge in [0.2, 0.25) is 0 Å². The standard InChI is InChI=1S/C16H25BrFNO/c1-12(2)16(3,11-19-7-8-20-4)10-13-5-6-15(18)14(17)9-13/h5-6,9,12,19H,7-8,10-11H2,1-4H3. The lowest BCUT2D eigenvalue weighted by Gasteiger charge is -2.34. The van der Waals surface area contributed by atoms with E-state index in [-0.39, 0.29) is 11.2 Å². The Kier molecular flexibility index (Phi) is 7.13. The van der Waals surface area contributed by atoms with Crippen LogP contribution < -0.4 is 5.32 Å². The van der Waals surface area contributed by atoms with Gasteiger partial charge < -0.3 is 10.1 Å². The van der Waals surface area contributed by atoms with Crippen molar-refractivity contribution in [2.75, 3.05) is 26.8 Å². The van der Waals surface area contributed by atoms with Crippen molar-refractivity contribution in [1.82, 2.24) is 5.32 Å². The van der Waals surface area contributed by atoms with E-state index in [1.54, 1.807) is 7.11 Å². The van der Waals surface area contributed by atoms with E-state index >= 15 is 0 Å². The Morgan fingerprint density at radius 3 is 2.65 bits per heavy atom. The van der Waals surface area contributed by atoms with Crippen molar-refractivity contribution >= 4 is 15.9 Å². The largest absolute Gasteiger partial charge is 0.383 e. The van der Waals surface area contributed by atoms with Crippen LogP contribution in [0.4, 0.5) is 4.39 Å². The Labute approximate surface area is 130 Å². The van der Waals surface area contributed by atoms with E-state index in [9.17, 15) is 4.39 Å². The predicted octanol–water partition coefficient (Wildman–Crippen LogP) is 4.03. The predicted molar refractivity (Wildman–Crippen MR) is 85.5 cm³/mol. The van der Waals surface area contributed by atoms with E-state index in [4.69, 9.17) is 4.74 Å². The zero-order valence-electron chi connectivity index (χ0n) is 12.8. The number of ether oxygens (including phenoxy) is 1. The first-order valence-electron chi connectivity index (χ1n) is 7.02. The summed E-state index contributed by atoms with van der Waals surface area (Å²) in [5, 5.41) is 3.44. The van der Waals surface area contributed by atoms with E-state index in [1.807, 2.05) is 12.1 Å². The third kappa shape index (κ3) is 5.15. The van der Waals surface area contributed by atoms with Gasteiger partial charge in [0.05, 0.1) is 11.1 Å². The minimum Gasteiger partial charge on any atom is -0.383 e. The summed E-state index contributed by atoms with van der Waals surface area (Å²) in [5.41, 5.74) is 1.29. The molecule has 0 aliphatic carbocycles. The number of benzene rings is 1. The molecule has 1 aromatic carbocycles. The van der Waals surface area contributed by atoms with Gasteiger partial charge in [-0.05, 0) is 51.4 Å². The molecule has 4 heteroatoms. The minimum absolute atomic E-state index is 0.130. The lowest BCUT2D eigenvalue weighted by molar-refractivity contribution is 0.175. The molecule has 1 atom stereocenters.